The number of ether oxygens (including phenoxy) is 1. The summed E-state index contributed by atoms with van der Waals surface area (Å²) < 4.78 is 7.02. The summed E-state index contributed by atoms with van der Waals surface area (Å²) in [6, 6.07) is 3.83. The summed E-state index contributed by atoms with van der Waals surface area (Å²) in [6.45, 7) is 4.33. The lowest BCUT2D eigenvalue weighted by molar-refractivity contribution is 0.399. The predicted octanol–water partition coefficient (Wildman–Crippen LogP) is 2.27. The number of rotatable bonds is 4. The van der Waals surface area contributed by atoms with E-state index in [0.717, 1.165) is 23.2 Å². The zero-order chi connectivity index (χ0) is 14.0. The predicted molar refractivity (Wildman–Crippen MR) is 75.9 cm³/mol. The summed E-state index contributed by atoms with van der Waals surface area (Å²) in [6.07, 6.45) is 2.59. The van der Waals surface area contributed by atoms with Crippen molar-refractivity contribution in [2.45, 2.75) is 20.3 Å². The smallest absolute Gasteiger partial charge is 0.222 e. The fraction of sp³-hybridized carbons (Fsp3) is 0.429. The molecule has 0 bridgehead atoms. The summed E-state index contributed by atoms with van der Waals surface area (Å²) in [5, 5.41) is 4.51. The molecule has 5 nitrogen and oxygen atoms in total. The summed E-state index contributed by atoms with van der Waals surface area (Å²) in [4.78, 5) is 4.22. The van der Waals surface area contributed by atoms with E-state index in [9.17, 15) is 0 Å². The van der Waals surface area contributed by atoms with Gasteiger partial charge >= 0.3 is 0 Å². The molecule has 0 aliphatic carbocycles. The molecule has 19 heavy (non-hydrogen) atoms. The number of aryl methyl sites for hydroxylation is 1. The molecule has 0 amide bonds. The minimum atomic E-state index is 0.507. The van der Waals surface area contributed by atoms with Crippen LogP contribution in [0.3, 0.4) is 0 Å². The molecule has 0 aromatic carbocycles. The molecule has 0 saturated carbocycles. The number of hydrogen-bond donors (Lipinski definition) is 1. The maximum Gasteiger partial charge on any atom is 0.222 e. The van der Waals surface area contributed by atoms with Gasteiger partial charge < -0.3 is 10.5 Å². The van der Waals surface area contributed by atoms with Gasteiger partial charge in [0.2, 0.25) is 5.88 Å². The van der Waals surface area contributed by atoms with Gasteiger partial charge in [-0.25, -0.2) is 4.98 Å². The molecule has 2 heterocycles. The average molecular weight is 260 g/mol. The van der Waals surface area contributed by atoms with Crippen LogP contribution < -0.4 is 10.5 Å². The highest BCUT2D eigenvalue weighted by molar-refractivity contribution is 5.72. The van der Waals surface area contributed by atoms with Crippen molar-refractivity contribution in [3.8, 4) is 17.1 Å². The average Bonchev–Trinajstić information content (AvgIpc) is 2.66. The molecule has 0 saturated heterocycles. The van der Waals surface area contributed by atoms with Gasteiger partial charge in [-0.05, 0) is 24.5 Å². The van der Waals surface area contributed by atoms with Crippen LogP contribution in [0.15, 0.2) is 18.3 Å². The van der Waals surface area contributed by atoms with E-state index in [2.05, 4.69) is 23.9 Å². The number of pyridine rings is 1. The zero-order valence-electron chi connectivity index (χ0n) is 11.8. The second-order valence-electron chi connectivity index (χ2n) is 4.99. The van der Waals surface area contributed by atoms with Crippen LogP contribution in [0, 0.1) is 5.92 Å². The lowest BCUT2D eigenvalue weighted by Crippen LogP contribution is -2.02. The van der Waals surface area contributed by atoms with Crippen LogP contribution in [-0.2, 0) is 13.5 Å². The largest absolute Gasteiger partial charge is 0.481 e. The lowest BCUT2D eigenvalue weighted by atomic mass is 9.99. The van der Waals surface area contributed by atoms with Crippen molar-refractivity contribution in [2.75, 3.05) is 12.8 Å². The number of anilines is 1. The Kier molecular flexibility index (Phi) is 3.74. The molecule has 0 radical (unpaired) electrons. The summed E-state index contributed by atoms with van der Waals surface area (Å²) in [7, 11) is 3.46. The minimum absolute atomic E-state index is 0.507. The van der Waals surface area contributed by atoms with Crippen molar-refractivity contribution in [3.63, 3.8) is 0 Å². The Morgan fingerprint density at radius 3 is 2.79 bits per heavy atom. The Hall–Kier alpha value is -2.04. The molecule has 0 spiro atoms. The number of nitrogens with two attached hydrogens (primary N) is 1. The fourth-order valence-corrected chi connectivity index (χ4v) is 2.14. The van der Waals surface area contributed by atoms with Crippen molar-refractivity contribution in [1.82, 2.24) is 14.8 Å². The number of nitrogens with zero attached hydrogens (tertiary/aromatic N) is 3. The van der Waals surface area contributed by atoms with Crippen molar-refractivity contribution < 1.29 is 4.74 Å². The second-order valence-corrected chi connectivity index (χ2v) is 4.99. The van der Waals surface area contributed by atoms with E-state index in [1.165, 1.54) is 0 Å². The van der Waals surface area contributed by atoms with E-state index in [4.69, 9.17) is 10.5 Å². The van der Waals surface area contributed by atoms with Gasteiger partial charge in [0.05, 0.1) is 12.7 Å². The molecule has 0 atom stereocenters. The molecule has 5 heteroatoms. The van der Waals surface area contributed by atoms with Crippen LogP contribution in [0.5, 0.6) is 5.88 Å². The van der Waals surface area contributed by atoms with Crippen LogP contribution in [0.2, 0.25) is 0 Å². The number of methoxy groups -OCH3 is 1. The Morgan fingerprint density at radius 1 is 1.42 bits per heavy atom. The third-order valence-electron chi connectivity index (χ3n) is 3.03. The van der Waals surface area contributed by atoms with Gasteiger partial charge in [-0.3, -0.25) is 4.68 Å². The van der Waals surface area contributed by atoms with Crippen LogP contribution >= 0.6 is 0 Å². The molecule has 0 fully saturated rings. The molecule has 2 rings (SSSR count). The molecule has 2 N–H and O–H groups in total. The van der Waals surface area contributed by atoms with E-state index < -0.39 is 0 Å². The van der Waals surface area contributed by atoms with E-state index >= 15 is 0 Å². The third kappa shape index (κ3) is 2.54. The van der Waals surface area contributed by atoms with Crippen LogP contribution in [0.25, 0.3) is 11.3 Å². The lowest BCUT2D eigenvalue weighted by Gasteiger charge is -2.09. The fourth-order valence-electron chi connectivity index (χ4n) is 2.14. The zero-order valence-corrected chi connectivity index (χ0v) is 11.8. The molecule has 2 aromatic rings. The molecular formula is C14H20N4O. The minimum Gasteiger partial charge on any atom is -0.481 e. The van der Waals surface area contributed by atoms with Gasteiger partial charge in [0.1, 0.15) is 11.5 Å². The van der Waals surface area contributed by atoms with Crippen LogP contribution in [0.1, 0.15) is 19.4 Å². The van der Waals surface area contributed by atoms with Gasteiger partial charge in [-0.1, -0.05) is 13.8 Å². The first-order valence-electron chi connectivity index (χ1n) is 6.35. The SMILES string of the molecule is COc1ncccc1-c1nn(C)c(N)c1CC(C)C. The highest BCUT2D eigenvalue weighted by atomic mass is 16.5. The van der Waals surface area contributed by atoms with Crippen LogP contribution in [0.4, 0.5) is 5.82 Å². The van der Waals surface area contributed by atoms with Crippen LogP contribution in [-0.4, -0.2) is 21.9 Å². The topological polar surface area (TPSA) is 66.0 Å². The number of nitrogen functional groups attached to an aromatic ring is 1. The van der Waals surface area contributed by atoms with Gasteiger partial charge in [0, 0.05) is 18.8 Å². The van der Waals surface area contributed by atoms with Crippen molar-refractivity contribution >= 4 is 5.82 Å². The Bertz CT molecular complexity index is 575. The standard InChI is InChI=1S/C14H20N4O/c1-9(2)8-11-12(17-18(3)13(11)15)10-6-5-7-16-14(10)19-4/h5-7,9H,8,15H2,1-4H3. The highest BCUT2D eigenvalue weighted by Crippen LogP contribution is 2.33. The number of hydrogen-bond acceptors (Lipinski definition) is 4. The first-order chi connectivity index (χ1) is 9.04. The second kappa shape index (κ2) is 5.30. The third-order valence-corrected chi connectivity index (χ3v) is 3.03. The van der Waals surface area contributed by atoms with Crippen molar-refractivity contribution in [1.29, 1.82) is 0 Å². The quantitative estimate of drug-likeness (QED) is 0.915. The highest BCUT2D eigenvalue weighted by Gasteiger charge is 2.19. The first kappa shape index (κ1) is 13.4. The monoisotopic (exact) mass is 260 g/mol. The molecule has 0 unspecified atom stereocenters. The maximum absolute atomic E-state index is 6.12. The maximum atomic E-state index is 6.12. The van der Waals surface area contributed by atoms with Crippen molar-refractivity contribution in [3.05, 3.63) is 23.9 Å². The first-order valence-corrected chi connectivity index (χ1v) is 6.35. The summed E-state index contributed by atoms with van der Waals surface area (Å²) >= 11 is 0. The molecule has 0 aliphatic rings. The number of aromatic nitrogens is 3. The van der Waals surface area contributed by atoms with Gasteiger partial charge in [0.25, 0.3) is 0 Å². The molecule has 2 aromatic heterocycles. The van der Waals surface area contributed by atoms with Gasteiger partial charge in [-0.15, -0.1) is 0 Å². The van der Waals surface area contributed by atoms with Crippen molar-refractivity contribution in [2.24, 2.45) is 13.0 Å². The van der Waals surface area contributed by atoms with E-state index in [1.54, 1.807) is 18.0 Å². The summed E-state index contributed by atoms with van der Waals surface area (Å²) in [5.74, 6) is 1.79. The Labute approximate surface area is 113 Å². The Balaban J connectivity index is 2.58. The van der Waals surface area contributed by atoms with E-state index in [-0.39, 0.29) is 0 Å². The summed E-state index contributed by atoms with van der Waals surface area (Å²) in [5.41, 5.74) is 8.92. The van der Waals surface area contributed by atoms with E-state index in [1.807, 2.05) is 19.2 Å². The van der Waals surface area contributed by atoms with Gasteiger partial charge in [-0.2, -0.15) is 5.10 Å². The molecule has 0 aliphatic heterocycles. The van der Waals surface area contributed by atoms with Gasteiger partial charge in [0.15, 0.2) is 0 Å². The molecule has 102 valence electrons. The normalized spacial score (nSPS) is 11.0. The molecular weight excluding hydrogens is 240 g/mol. The van der Waals surface area contributed by atoms with E-state index in [0.29, 0.717) is 17.6 Å². The Morgan fingerprint density at radius 2 is 2.16 bits per heavy atom.